The number of anilines is 1. The van der Waals surface area contributed by atoms with Crippen LogP contribution in [0.3, 0.4) is 0 Å². The van der Waals surface area contributed by atoms with E-state index in [2.05, 4.69) is 47.1 Å². The number of nitrogens with zero attached hydrogens (tertiary/aromatic N) is 5. The van der Waals surface area contributed by atoms with Crippen molar-refractivity contribution in [3.05, 3.63) is 67.8 Å². The number of hydrogen-bond acceptors (Lipinski definition) is 8. The first-order valence-electron chi connectivity index (χ1n) is 17.4. The monoisotopic (exact) mass is 691 g/mol. The Morgan fingerprint density at radius 3 is 2.23 bits per heavy atom. The van der Waals surface area contributed by atoms with Crippen LogP contribution in [0.5, 0.6) is 0 Å². The van der Waals surface area contributed by atoms with Crippen molar-refractivity contribution in [1.29, 1.82) is 5.26 Å². The number of carboxylic acid groups (broad SMARTS) is 1. The van der Waals surface area contributed by atoms with Crippen molar-refractivity contribution in [1.82, 2.24) is 14.4 Å². The van der Waals surface area contributed by atoms with Gasteiger partial charge in [-0.3, -0.25) is 28.8 Å². The van der Waals surface area contributed by atoms with Gasteiger partial charge in [0.15, 0.2) is 0 Å². The highest BCUT2D eigenvalue weighted by atomic mass is 32.2. The number of nitriles is 1. The number of piperazine rings is 1. The Morgan fingerprint density at radius 1 is 0.958 bits per heavy atom. The summed E-state index contributed by atoms with van der Waals surface area (Å²) in [5.41, 5.74) is 2.48. The van der Waals surface area contributed by atoms with Crippen molar-refractivity contribution in [2.24, 2.45) is 0 Å². The molecule has 48 heavy (non-hydrogen) atoms. The Hall–Kier alpha value is -3.46. The molecule has 2 aliphatic rings. The van der Waals surface area contributed by atoms with Gasteiger partial charge in [-0.1, -0.05) is 106 Å². The van der Waals surface area contributed by atoms with E-state index in [1.807, 2.05) is 19.1 Å². The number of benzene rings is 1. The summed E-state index contributed by atoms with van der Waals surface area (Å²) in [4.78, 5) is 44.9. The highest BCUT2D eigenvalue weighted by Gasteiger charge is 2.33. The van der Waals surface area contributed by atoms with Gasteiger partial charge < -0.3 is 10.0 Å². The molecule has 3 heterocycles. The SMILES string of the molecule is CCCCn1c(N2CCN(Cc3ccccc3)CC2)c(/C=C2/SC(=S)N(CCCCCCCCCCC(=O)O)C2=O)c(C)c(C#N)c1=O. The zero-order valence-corrected chi connectivity index (χ0v) is 30.0. The molecular weight excluding hydrogens is 643 g/mol. The standard InChI is InChI=1S/C37H49N5O4S2/c1-3-4-19-41-34(40-23-21-39(22-24-40)27-29-16-12-11-13-17-29)30(28(2)31(26-38)35(41)45)25-32-36(46)42(37(47)48-32)20-15-10-8-6-5-7-9-14-18-33(43)44/h11-13,16-17,25H,3-10,14-15,18-24,27H2,1-2H3,(H,43,44)/b32-25+. The van der Waals surface area contributed by atoms with Gasteiger partial charge in [0.25, 0.3) is 11.5 Å². The first kappa shape index (κ1) is 37.4. The topological polar surface area (TPSA) is 110 Å². The maximum atomic E-state index is 13.7. The molecule has 258 valence electrons. The maximum absolute atomic E-state index is 13.7. The quantitative estimate of drug-likeness (QED) is 0.101. The molecule has 0 atom stereocenters. The van der Waals surface area contributed by atoms with Crippen LogP contribution in [0.2, 0.25) is 0 Å². The Kier molecular flexibility index (Phi) is 14.7. The number of carbonyl (C=O) groups excluding carboxylic acids is 1. The largest absolute Gasteiger partial charge is 0.481 e. The van der Waals surface area contributed by atoms with Gasteiger partial charge in [0.2, 0.25) is 0 Å². The lowest BCUT2D eigenvalue weighted by Crippen LogP contribution is -2.48. The van der Waals surface area contributed by atoms with Crippen LogP contribution in [0.15, 0.2) is 40.0 Å². The van der Waals surface area contributed by atoms with Crippen LogP contribution in [0.1, 0.15) is 99.8 Å². The molecule has 0 aliphatic carbocycles. The summed E-state index contributed by atoms with van der Waals surface area (Å²) in [6.45, 7) is 8.98. The van der Waals surface area contributed by atoms with Gasteiger partial charge in [-0.25, -0.2) is 0 Å². The number of rotatable bonds is 18. The van der Waals surface area contributed by atoms with Crippen molar-refractivity contribution in [2.45, 2.75) is 97.6 Å². The van der Waals surface area contributed by atoms with E-state index >= 15 is 0 Å². The van der Waals surface area contributed by atoms with E-state index in [0.29, 0.717) is 27.9 Å². The molecule has 2 fully saturated rings. The minimum atomic E-state index is -0.729. The fourth-order valence-corrected chi connectivity index (χ4v) is 7.69. The average Bonchev–Trinajstić information content (AvgIpc) is 3.34. The summed E-state index contributed by atoms with van der Waals surface area (Å²) in [5, 5.41) is 18.8. The van der Waals surface area contributed by atoms with E-state index in [-0.39, 0.29) is 23.5 Å². The summed E-state index contributed by atoms with van der Waals surface area (Å²) < 4.78 is 2.30. The maximum Gasteiger partial charge on any atom is 0.303 e. The Balaban J connectivity index is 1.48. The van der Waals surface area contributed by atoms with Gasteiger partial charge in [0, 0.05) is 57.8 Å². The van der Waals surface area contributed by atoms with Crippen molar-refractivity contribution in [3.8, 4) is 6.07 Å². The third-order valence-corrected chi connectivity index (χ3v) is 10.6. The third-order valence-electron chi connectivity index (χ3n) is 9.17. The van der Waals surface area contributed by atoms with Crippen LogP contribution >= 0.6 is 24.0 Å². The van der Waals surface area contributed by atoms with Gasteiger partial charge in [-0.05, 0) is 43.4 Å². The Morgan fingerprint density at radius 2 is 1.60 bits per heavy atom. The van der Waals surface area contributed by atoms with Gasteiger partial charge in [0.1, 0.15) is 21.8 Å². The minimum absolute atomic E-state index is 0.119. The summed E-state index contributed by atoms with van der Waals surface area (Å²) >= 11 is 6.96. The molecule has 0 unspecified atom stereocenters. The molecule has 9 nitrogen and oxygen atoms in total. The number of amides is 1. The van der Waals surface area contributed by atoms with E-state index in [1.54, 1.807) is 9.47 Å². The molecule has 1 aromatic heterocycles. The fraction of sp³-hybridized carbons (Fsp3) is 0.541. The normalized spacial score (nSPS) is 16.2. The number of hydrogen-bond donors (Lipinski definition) is 1. The number of aliphatic carboxylic acids is 1. The third kappa shape index (κ3) is 10.0. The Bertz CT molecular complexity index is 1560. The minimum Gasteiger partial charge on any atom is -0.481 e. The zero-order chi connectivity index (χ0) is 34.5. The molecule has 1 aromatic carbocycles. The molecule has 2 saturated heterocycles. The highest BCUT2D eigenvalue weighted by molar-refractivity contribution is 8.26. The molecule has 11 heteroatoms. The summed E-state index contributed by atoms with van der Waals surface area (Å²) in [6, 6.07) is 12.6. The van der Waals surface area contributed by atoms with Crippen LogP contribution in [-0.2, 0) is 22.7 Å². The van der Waals surface area contributed by atoms with Crippen LogP contribution in [0.25, 0.3) is 6.08 Å². The number of pyridine rings is 1. The predicted molar refractivity (Wildman–Crippen MR) is 198 cm³/mol. The zero-order valence-electron chi connectivity index (χ0n) is 28.4. The van der Waals surface area contributed by atoms with Crippen LogP contribution < -0.4 is 10.5 Å². The molecule has 4 rings (SSSR count). The fourth-order valence-electron chi connectivity index (χ4n) is 6.40. The smallest absolute Gasteiger partial charge is 0.303 e. The summed E-state index contributed by atoms with van der Waals surface area (Å²) in [6.07, 6.45) is 11.7. The molecule has 0 spiro atoms. The van der Waals surface area contributed by atoms with E-state index in [9.17, 15) is 19.6 Å². The first-order valence-corrected chi connectivity index (χ1v) is 18.6. The lowest BCUT2D eigenvalue weighted by Gasteiger charge is -2.38. The molecule has 0 saturated carbocycles. The van der Waals surface area contributed by atoms with E-state index in [0.717, 1.165) is 108 Å². The molecule has 2 aliphatic heterocycles. The van der Waals surface area contributed by atoms with Crippen molar-refractivity contribution < 1.29 is 14.7 Å². The predicted octanol–water partition coefficient (Wildman–Crippen LogP) is 6.95. The molecule has 1 N–H and O–H groups in total. The van der Waals surface area contributed by atoms with Gasteiger partial charge in [0.05, 0.1) is 4.91 Å². The molecule has 2 aromatic rings. The number of unbranched alkanes of at least 4 members (excludes halogenated alkanes) is 8. The van der Waals surface area contributed by atoms with Crippen LogP contribution in [0.4, 0.5) is 5.82 Å². The van der Waals surface area contributed by atoms with Gasteiger partial charge >= 0.3 is 5.97 Å². The second kappa shape index (κ2) is 18.9. The van der Waals surface area contributed by atoms with Crippen LogP contribution in [-0.4, -0.2) is 68.4 Å². The molecule has 0 radical (unpaired) electrons. The number of thiocarbonyl (C=S) groups is 1. The number of thioether (sulfide) groups is 1. The first-order chi connectivity index (χ1) is 23.2. The van der Waals surface area contributed by atoms with E-state index in [1.165, 1.54) is 17.3 Å². The number of carbonyl (C=O) groups is 2. The Labute approximate surface area is 294 Å². The number of carboxylic acids is 1. The average molecular weight is 692 g/mol. The summed E-state index contributed by atoms with van der Waals surface area (Å²) in [7, 11) is 0. The van der Waals surface area contributed by atoms with E-state index in [4.69, 9.17) is 17.3 Å². The molecular formula is C37H49N5O4S2. The number of aromatic nitrogens is 1. The van der Waals surface area contributed by atoms with Gasteiger partial charge in [-0.15, -0.1) is 0 Å². The lowest BCUT2D eigenvalue weighted by atomic mass is 10.0. The second-order valence-electron chi connectivity index (χ2n) is 12.7. The van der Waals surface area contributed by atoms with Crippen molar-refractivity contribution >= 4 is 52.1 Å². The van der Waals surface area contributed by atoms with E-state index < -0.39 is 5.97 Å². The highest BCUT2D eigenvalue weighted by Crippen LogP contribution is 2.36. The summed E-state index contributed by atoms with van der Waals surface area (Å²) in [5.74, 6) is -0.0592. The van der Waals surface area contributed by atoms with Gasteiger partial charge in [-0.2, -0.15) is 5.26 Å². The van der Waals surface area contributed by atoms with Crippen LogP contribution in [0, 0.1) is 18.3 Å². The molecule has 0 bridgehead atoms. The van der Waals surface area contributed by atoms with Crippen molar-refractivity contribution in [2.75, 3.05) is 37.6 Å². The second-order valence-corrected chi connectivity index (χ2v) is 14.4. The van der Waals surface area contributed by atoms with Crippen molar-refractivity contribution in [3.63, 3.8) is 0 Å². The lowest BCUT2D eigenvalue weighted by molar-refractivity contribution is -0.137. The molecule has 1 amide bonds.